The number of piperidine rings is 1. The highest BCUT2D eigenvalue weighted by atomic mass is 35.5. The molecule has 2 aliphatic rings. The third-order valence-corrected chi connectivity index (χ3v) is 8.64. The summed E-state index contributed by atoms with van der Waals surface area (Å²) in [5, 5.41) is 3.65. The molecule has 2 heterocycles. The number of hydrogen-bond donors (Lipinski definition) is 1. The van der Waals surface area contributed by atoms with Gasteiger partial charge in [0, 0.05) is 31.2 Å². The van der Waals surface area contributed by atoms with Gasteiger partial charge in [0.25, 0.3) is 0 Å². The molecule has 2 aromatic carbocycles. The molecule has 2 aromatic rings. The van der Waals surface area contributed by atoms with E-state index in [9.17, 15) is 13.2 Å². The average Bonchev–Trinajstić information content (AvgIpc) is 3.33. The fraction of sp³-hybridized carbons (Fsp3) is 0.480. The Bertz CT molecular complexity index is 1050. The Kier molecular flexibility index (Phi) is 8.07. The summed E-state index contributed by atoms with van der Waals surface area (Å²) in [6.45, 7) is 4.32. The SMILES string of the molecule is O=C(NCc1ccccc1CN1CCCC1)C1CCCN(S(=O)(=O)Cc2ccc(Cl)cc2)C1. The Hall–Kier alpha value is -1.93. The maximum absolute atomic E-state index is 13.0. The fourth-order valence-electron chi connectivity index (χ4n) is 4.68. The van der Waals surface area contributed by atoms with E-state index in [0.717, 1.165) is 25.2 Å². The lowest BCUT2D eigenvalue weighted by Crippen LogP contribution is -2.45. The van der Waals surface area contributed by atoms with Gasteiger partial charge in [0.15, 0.2) is 0 Å². The standard InChI is InChI=1S/C25H32ClN3O3S/c26-24-11-9-20(10-12-24)19-33(31,32)29-15-5-8-23(18-29)25(30)27-16-21-6-1-2-7-22(21)17-28-13-3-4-14-28/h1-2,6-7,9-12,23H,3-5,8,13-19H2,(H,27,30). The molecule has 178 valence electrons. The molecule has 2 aliphatic heterocycles. The number of sulfonamides is 1. The normalized spacial score (nSPS) is 20.1. The van der Waals surface area contributed by atoms with E-state index < -0.39 is 10.0 Å². The lowest BCUT2D eigenvalue weighted by molar-refractivity contribution is -0.126. The summed E-state index contributed by atoms with van der Waals surface area (Å²) in [6, 6.07) is 15.1. The van der Waals surface area contributed by atoms with Crippen LogP contribution in [0, 0.1) is 5.92 Å². The summed E-state index contributed by atoms with van der Waals surface area (Å²) in [5.41, 5.74) is 3.07. The van der Waals surface area contributed by atoms with Gasteiger partial charge in [0.05, 0.1) is 11.7 Å². The maximum Gasteiger partial charge on any atom is 0.224 e. The number of nitrogens with zero attached hydrogens (tertiary/aromatic N) is 2. The second kappa shape index (κ2) is 11.0. The monoisotopic (exact) mass is 489 g/mol. The van der Waals surface area contributed by atoms with Crippen LogP contribution in [0.25, 0.3) is 0 Å². The number of rotatable bonds is 8. The maximum atomic E-state index is 13.0. The van der Waals surface area contributed by atoms with Gasteiger partial charge < -0.3 is 5.32 Å². The van der Waals surface area contributed by atoms with Crippen LogP contribution in [0.1, 0.15) is 42.4 Å². The Labute approximate surface area is 202 Å². The first-order valence-corrected chi connectivity index (χ1v) is 13.7. The van der Waals surface area contributed by atoms with Crippen LogP contribution in [0.2, 0.25) is 5.02 Å². The van der Waals surface area contributed by atoms with E-state index in [4.69, 9.17) is 11.6 Å². The molecular weight excluding hydrogens is 458 g/mol. The Morgan fingerprint density at radius 2 is 1.67 bits per heavy atom. The van der Waals surface area contributed by atoms with E-state index in [2.05, 4.69) is 22.3 Å². The van der Waals surface area contributed by atoms with Gasteiger partial charge in [-0.05, 0) is 67.6 Å². The lowest BCUT2D eigenvalue weighted by atomic mass is 9.98. The minimum atomic E-state index is -3.50. The number of hydrogen-bond acceptors (Lipinski definition) is 4. The van der Waals surface area contributed by atoms with E-state index in [0.29, 0.717) is 36.5 Å². The van der Waals surface area contributed by atoms with Crippen LogP contribution in [-0.4, -0.2) is 49.7 Å². The molecule has 0 bridgehead atoms. The zero-order valence-corrected chi connectivity index (χ0v) is 20.5. The van der Waals surface area contributed by atoms with Crippen LogP contribution in [0.4, 0.5) is 0 Å². The smallest absolute Gasteiger partial charge is 0.224 e. The Morgan fingerprint density at radius 1 is 0.970 bits per heavy atom. The molecule has 1 N–H and O–H groups in total. The molecule has 2 fully saturated rings. The predicted molar refractivity (Wildman–Crippen MR) is 131 cm³/mol. The average molecular weight is 490 g/mol. The van der Waals surface area contributed by atoms with E-state index in [-0.39, 0.29) is 24.1 Å². The molecule has 6 nitrogen and oxygen atoms in total. The topological polar surface area (TPSA) is 69.7 Å². The lowest BCUT2D eigenvalue weighted by Gasteiger charge is -2.31. The van der Waals surface area contributed by atoms with Crippen molar-refractivity contribution in [1.82, 2.24) is 14.5 Å². The number of nitrogens with one attached hydrogen (secondary N) is 1. The van der Waals surface area contributed by atoms with Gasteiger partial charge in [-0.2, -0.15) is 0 Å². The van der Waals surface area contributed by atoms with Gasteiger partial charge in [0.1, 0.15) is 0 Å². The summed E-state index contributed by atoms with van der Waals surface area (Å²) >= 11 is 5.90. The number of benzene rings is 2. The van der Waals surface area contributed by atoms with Gasteiger partial charge in [-0.1, -0.05) is 48.0 Å². The summed E-state index contributed by atoms with van der Waals surface area (Å²) in [6.07, 6.45) is 3.88. The molecule has 4 rings (SSSR count). The van der Waals surface area contributed by atoms with Crippen molar-refractivity contribution in [1.29, 1.82) is 0 Å². The van der Waals surface area contributed by atoms with Crippen molar-refractivity contribution in [2.45, 2.75) is 44.5 Å². The molecule has 8 heteroatoms. The zero-order valence-electron chi connectivity index (χ0n) is 18.9. The molecule has 1 atom stereocenters. The molecule has 0 aliphatic carbocycles. The predicted octanol–water partition coefficient (Wildman–Crippen LogP) is 3.79. The molecule has 0 saturated carbocycles. The second-order valence-electron chi connectivity index (χ2n) is 9.05. The van der Waals surface area contributed by atoms with Crippen LogP contribution >= 0.6 is 11.6 Å². The minimum Gasteiger partial charge on any atom is -0.352 e. The van der Waals surface area contributed by atoms with Crippen molar-refractivity contribution < 1.29 is 13.2 Å². The first-order valence-electron chi connectivity index (χ1n) is 11.7. The molecule has 0 aromatic heterocycles. The van der Waals surface area contributed by atoms with Crippen molar-refractivity contribution in [2.75, 3.05) is 26.2 Å². The largest absolute Gasteiger partial charge is 0.352 e. The molecule has 33 heavy (non-hydrogen) atoms. The van der Waals surface area contributed by atoms with Crippen molar-refractivity contribution >= 4 is 27.5 Å². The van der Waals surface area contributed by atoms with E-state index >= 15 is 0 Å². The van der Waals surface area contributed by atoms with Crippen LogP contribution < -0.4 is 5.32 Å². The molecule has 0 radical (unpaired) electrons. The van der Waals surface area contributed by atoms with Gasteiger partial charge >= 0.3 is 0 Å². The Morgan fingerprint density at radius 3 is 2.39 bits per heavy atom. The third kappa shape index (κ3) is 6.57. The van der Waals surface area contributed by atoms with Gasteiger partial charge in [-0.25, -0.2) is 12.7 Å². The molecule has 0 spiro atoms. The van der Waals surface area contributed by atoms with Crippen LogP contribution in [0.15, 0.2) is 48.5 Å². The minimum absolute atomic E-state index is 0.0719. The summed E-state index contributed by atoms with van der Waals surface area (Å²) in [4.78, 5) is 15.4. The highest BCUT2D eigenvalue weighted by molar-refractivity contribution is 7.88. The van der Waals surface area contributed by atoms with Crippen molar-refractivity contribution in [2.24, 2.45) is 5.92 Å². The number of halogens is 1. The second-order valence-corrected chi connectivity index (χ2v) is 11.5. The molecule has 1 unspecified atom stereocenters. The number of carbonyl (C=O) groups excluding carboxylic acids is 1. The molecule has 2 saturated heterocycles. The molecule has 1 amide bonds. The number of likely N-dealkylation sites (tertiary alicyclic amines) is 1. The van der Waals surface area contributed by atoms with Crippen LogP contribution in [-0.2, 0) is 33.7 Å². The van der Waals surface area contributed by atoms with E-state index in [1.165, 1.54) is 22.7 Å². The highest BCUT2D eigenvalue weighted by Crippen LogP contribution is 2.23. The van der Waals surface area contributed by atoms with Crippen molar-refractivity contribution in [3.05, 3.63) is 70.2 Å². The quantitative estimate of drug-likeness (QED) is 0.612. The molecular formula is C25H32ClN3O3S. The fourth-order valence-corrected chi connectivity index (χ4v) is 6.42. The number of carbonyl (C=O) groups is 1. The summed E-state index contributed by atoms with van der Waals surface area (Å²) in [5.74, 6) is -0.482. The van der Waals surface area contributed by atoms with Crippen LogP contribution in [0.5, 0.6) is 0 Å². The highest BCUT2D eigenvalue weighted by Gasteiger charge is 2.32. The first-order chi connectivity index (χ1) is 15.9. The van der Waals surface area contributed by atoms with Gasteiger partial charge in [-0.3, -0.25) is 9.69 Å². The number of amides is 1. The summed E-state index contributed by atoms with van der Waals surface area (Å²) < 4.78 is 27.4. The van der Waals surface area contributed by atoms with E-state index in [1.54, 1.807) is 24.3 Å². The summed E-state index contributed by atoms with van der Waals surface area (Å²) in [7, 11) is -3.50. The Balaban J connectivity index is 1.34. The van der Waals surface area contributed by atoms with Gasteiger partial charge in [-0.15, -0.1) is 0 Å². The van der Waals surface area contributed by atoms with Gasteiger partial charge in [0.2, 0.25) is 15.9 Å². The van der Waals surface area contributed by atoms with Crippen molar-refractivity contribution in [3.8, 4) is 0 Å². The van der Waals surface area contributed by atoms with E-state index in [1.807, 2.05) is 12.1 Å². The first kappa shape index (κ1) is 24.2. The van der Waals surface area contributed by atoms with Crippen LogP contribution in [0.3, 0.4) is 0 Å². The zero-order chi connectivity index (χ0) is 23.3. The van der Waals surface area contributed by atoms with Crippen molar-refractivity contribution in [3.63, 3.8) is 0 Å². The third-order valence-electron chi connectivity index (χ3n) is 6.57.